The monoisotopic (exact) mass is 252 g/mol. The van der Waals surface area contributed by atoms with E-state index in [2.05, 4.69) is 4.89 Å². The smallest absolute Gasteiger partial charge is 0.351 e. The Hall–Kier alpha value is -2.08. The molecular weight excluding hydrogens is 236 g/mol. The molecule has 6 nitrogen and oxygen atoms in total. The molecule has 0 saturated heterocycles. The Morgan fingerprint density at radius 3 is 2.50 bits per heavy atom. The Balaban J connectivity index is 2.38. The summed E-state index contributed by atoms with van der Waals surface area (Å²) in [5.41, 5.74) is 5.89. The molecule has 0 aliphatic heterocycles. The molecule has 0 saturated carbocycles. The molecular formula is C12H16N2O4. The standard InChI is InChI=1S/C12H16N2O4/c1-2-8-14(11(13)15)12(16)18-17-9-10-6-4-3-5-7-10/h3-7H,2,8-9H2,1H3,(H2,13,15). The number of imide groups is 1. The molecule has 18 heavy (non-hydrogen) atoms. The van der Waals surface area contributed by atoms with Crippen molar-refractivity contribution in [2.45, 2.75) is 20.0 Å². The number of hydrogen-bond donors (Lipinski definition) is 1. The summed E-state index contributed by atoms with van der Waals surface area (Å²) in [5.74, 6) is 0. The molecule has 1 rings (SSSR count). The Morgan fingerprint density at radius 2 is 1.94 bits per heavy atom. The van der Waals surface area contributed by atoms with Gasteiger partial charge in [-0.1, -0.05) is 37.3 Å². The van der Waals surface area contributed by atoms with Gasteiger partial charge in [-0.25, -0.2) is 14.5 Å². The zero-order valence-corrected chi connectivity index (χ0v) is 10.2. The van der Waals surface area contributed by atoms with Crippen LogP contribution in [0, 0.1) is 0 Å². The third-order valence-corrected chi connectivity index (χ3v) is 2.13. The predicted molar refractivity (Wildman–Crippen MR) is 64.3 cm³/mol. The Kier molecular flexibility index (Phi) is 5.66. The molecule has 1 aromatic carbocycles. The van der Waals surface area contributed by atoms with E-state index in [1.54, 1.807) is 0 Å². The third kappa shape index (κ3) is 4.42. The summed E-state index contributed by atoms with van der Waals surface area (Å²) in [6.45, 7) is 2.13. The third-order valence-electron chi connectivity index (χ3n) is 2.13. The minimum atomic E-state index is -0.903. The molecule has 0 aliphatic carbocycles. The SMILES string of the molecule is CCCN(C(N)=O)C(=O)OOCc1ccccc1. The quantitative estimate of drug-likeness (QED) is 0.642. The molecule has 1 aromatic rings. The molecule has 6 heteroatoms. The topological polar surface area (TPSA) is 81.9 Å². The van der Waals surface area contributed by atoms with E-state index in [1.807, 2.05) is 37.3 Å². The Labute approximate surface area is 105 Å². The van der Waals surface area contributed by atoms with Crippen LogP contribution >= 0.6 is 0 Å². The van der Waals surface area contributed by atoms with Crippen LogP contribution in [0.4, 0.5) is 9.59 Å². The van der Waals surface area contributed by atoms with Gasteiger partial charge in [-0.15, -0.1) is 0 Å². The summed E-state index contributed by atoms with van der Waals surface area (Å²) in [6, 6.07) is 8.34. The maximum Gasteiger partial charge on any atom is 0.449 e. The van der Waals surface area contributed by atoms with Gasteiger partial charge in [0.15, 0.2) is 0 Å². The van der Waals surface area contributed by atoms with E-state index < -0.39 is 12.1 Å². The summed E-state index contributed by atoms with van der Waals surface area (Å²) in [6.07, 6.45) is -0.309. The van der Waals surface area contributed by atoms with Gasteiger partial charge >= 0.3 is 12.1 Å². The highest BCUT2D eigenvalue weighted by molar-refractivity contribution is 5.89. The first-order chi connectivity index (χ1) is 8.65. The average molecular weight is 252 g/mol. The molecule has 0 atom stereocenters. The van der Waals surface area contributed by atoms with Crippen LogP contribution in [-0.2, 0) is 16.4 Å². The van der Waals surface area contributed by atoms with Gasteiger partial charge in [0.05, 0.1) is 0 Å². The first kappa shape index (κ1) is 14.0. The molecule has 0 spiro atoms. The van der Waals surface area contributed by atoms with Gasteiger partial charge in [0.1, 0.15) is 6.61 Å². The van der Waals surface area contributed by atoms with Crippen LogP contribution < -0.4 is 5.73 Å². The lowest BCUT2D eigenvalue weighted by Gasteiger charge is -2.15. The zero-order valence-electron chi connectivity index (χ0n) is 10.2. The number of nitrogens with zero attached hydrogens (tertiary/aromatic N) is 1. The second-order valence-corrected chi connectivity index (χ2v) is 3.59. The van der Waals surface area contributed by atoms with Gasteiger partial charge in [0.25, 0.3) is 0 Å². The number of carbonyl (C=O) groups excluding carboxylic acids is 2. The summed E-state index contributed by atoms with van der Waals surface area (Å²) < 4.78 is 0. The number of nitrogens with two attached hydrogens (primary N) is 1. The lowest BCUT2D eigenvalue weighted by Crippen LogP contribution is -2.41. The minimum Gasteiger partial charge on any atom is -0.351 e. The number of amides is 3. The molecule has 0 radical (unpaired) electrons. The number of urea groups is 1. The van der Waals surface area contributed by atoms with Crippen molar-refractivity contribution in [2.75, 3.05) is 6.54 Å². The molecule has 0 aliphatic rings. The molecule has 3 amide bonds. The van der Waals surface area contributed by atoms with E-state index in [9.17, 15) is 9.59 Å². The van der Waals surface area contributed by atoms with E-state index in [-0.39, 0.29) is 13.2 Å². The molecule has 2 N–H and O–H groups in total. The van der Waals surface area contributed by atoms with Crippen molar-refractivity contribution in [3.63, 3.8) is 0 Å². The highest BCUT2D eigenvalue weighted by Gasteiger charge is 2.20. The highest BCUT2D eigenvalue weighted by Crippen LogP contribution is 2.03. The summed E-state index contributed by atoms with van der Waals surface area (Å²) in [7, 11) is 0. The number of carbonyl (C=O) groups is 2. The highest BCUT2D eigenvalue weighted by atomic mass is 17.2. The molecule has 0 aromatic heterocycles. The fourth-order valence-electron chi connectivity index (χ4n) is 1.28. The Morgan fingerprint density at radius 1 is 1.28 bits per heavy atom. The van der Waals surface area contributed by atoms with Crippen LogP contribution in [0.3, 0.4) is 0 Å². The summed E-state index contributed by atoms with van der Waals surface area (Å²) in [4.78, 5) is 32.4. The van der Waals surface area contributed by atoms with Crippen LogP contribution in [0.5, 0.6) is 0 Å². The van der Waals surface area contributed by atoms with Crippen molar-refractivity contribution in [1.29, 1.82) is 0 Å². The van der Waals surface area contributed by atoms with Crippen molar-refractivity contribution in [2.24, 2.45) is 5.73 Å². The molecule has 98 valence electrons. The van der Waals surface area contributed by atoms with Gasteiger partial charge in [-0.3, -0.25) is 4.89 Å². The average Bonchev–Trinajstić information content (AvgIpc) is 2.36. The lowest BCUT2D eigenvalue weighted by atomic mass is 10.2. The number of benzene rings is 1. The maximum absolute atomic E-state index is 11.4. The predicted octanol–water partition coefficient (Wildman–Crippen LogP) is 2.05. The van der Waals surface area contributed by atoms with Gasteiger partial charge in [-0.2, -0.15) is 4.89 Å². The first-order valence-corrected chi connectivity index (χ1v) is 5.59. The van der Waals surface area contributed by atoms with Crippen molar-refractivity contribution < 1.29 is 19.4 Å². The van der Waals surface area contributed by atoms with E-state index in [4.69, 9.17) is 10.6 Å². The zero-order chi connectivity index (χ0) is 13.4. The molecule has 0 bridgehead atoms. The fraction of sp³-hybridized carbons (Fsp3) is 0.333. The van der Waals surface area contributed by atoms with Crippen molar-refractivity contribution in [3.05, 3.63) is 35.9 Å². The largest absolute Gasteiger partial charge is 0.449 e. The Bertz CT molecular complexity index is 394. The van der Waals surface area contributed by atoms with E-state index in [0.717, 1.165) is 10.5 Å². The van der Waals surface area contributed by atoms with Crippen LogP contribution in [0.25, 0.3) is 0 Å². The molecule has 0 heterocycles. The molecule has 0 unspecified atom stereocenters. The van der Waals surface area contributed by atoms with E-state index >= 15 is 0 Å². The van der Waals surface area contributed by atoms with Crippen LogP contribution in [0.2, 0.25) is 0 Å². The molecule has 0 fully saturated rings. The van der Waals surface area contributed by atoms with Crippen molar-refractivity contribution in [3.8, 4) is 0 Å². The van der Waals surface area contributed by atoms with Crippen molar-refractivity contribution >= 4 is 12.1 Å². The van der Waals surface area contributed by atoms with Crippen LogP contribution in [0.15, 0.2) is 30.3 Å². The second-order valence-electron chi connectivity index (χ2n) is 3.59. The number of hydrogen-bond acceptors (Lipinski definition) is 4. The van der Waals surface area contributed by atoms with Gasteiger partial charge in [0, 0.05) is 6.54 Å². The van der Waals surface area contributed by atoms with Crippen LogP contribution in [-0.4, -0.2) is 23.6 Å². The normalized spacial score (nSPS) is 9.83. The number of primary amides is 1. The summed E-state index contributed by atoms with van der Waals surface area (Å²) >= 11 is 0. The van der Waals surface area contributed by atoms with E-state index in [0.29, 0.717) is 6.42 Å². The first-order valence-electron chi connectivity index (χ1n) is 5.59. The minimum absolute atomic E-state index is 0.116. The number of rotatable bonds is 5. The van der Waals surface area contributed by atoms with Gasteiger partial charge < -0.3 is 5.73 Å². The van der Waals surface area contributed by atoms with Gasteiger partial charge in [-0.05, 0) is 12.0 Å². The van der Waals surface area contributed by atoms with E-state index in [1.165, 1.54) is 0 Å². The maximum atomic E-state index is 11.4. The van der Waals surface area contributed by atoms with Gasteiger partial charge in [0.2, 0.25) is 0 Å². The van der Waals surface area contributed by atoms with Crippen molar-refractivity contribution in [1.82, 2.24) is 4.90 Å². The second kappa shape index (κ2) is 7.29. The van der Waals surface area contributed by atoms with Crippen LogP contribution in [0.1, 0.15) is 18.9 Å². The fourth-order valence-corrected chi connectivity index (χ4v) is 1.28. The lowest BCUT2D eigenvalue weighted by molar-refractivity contribution is -0.253. The summed E-state index contributed by atoms with van der Waals surface area (Å²) in [5, 5.41) is 0.